The number of H-pyrrole nitrogens is 1. The predicted molar refractivity (Wildman–Crippen MR) is 108 cm³/mol. The fourth-order valence-corrected chi connectivity index (χ4v) is 3.52. The molecule has 0 radical (unpaired) electrons. The van der Waals surface area contributed by atoms with Gasteiger partial charge in [0.2, 0.25) is 0 Å². The minimum atomic E-state index is -0.240. The second-order valence-electron chi connectivity index (χ2n) is 7.14. The maximum absolute atomic E-state index is 13.1. The Labute approximate surface area is 168 Å². The van der Waals surface area contributed by atoms with Crippen molar-refractivity contribution >= 4 is 5.91 Å². The van der Waals surface area contributed by atoms with Gasteiger partial charge < -0.3 is 9.64 Å². The van der Waals surface area contributed by atoms with Gasteiger partial charge in [0.1, 0.15) is 17.3 Å². The van der Waals surface area contributed by atoms with Crippen LogP contribution in [0.25, 0.3) is 11.3 Å². The van der Waals surface area contributed by atoms with Crippen LogP contribution in [0.5, 0.6) is 5.75 Å². The molecule has 3 aromatic rings. The van der Waals surface area contributed by atoms with E-state index in [1.54, 1.807) is 25.3 Å². The summed E-state index contributed by atoms with van der Waals surface area (Å²) in [6.07, 6.45) is 0.895. The number of nitrogens with one attached hydrogen (secondary N) is 1. The van der Waals surface area contributed by atoms with Crippen LogP contribution in [-0.2, 0) is 6.54 Å². The molecular formula is C22H23FN4O2. The Balaban J connectivity index is 1.42. The number of halogens is 1. The van der Waals surface area contributed by atoms with Crippen molar-refractivity contribution < 1.29 is 13.9 Å². The summed E-state index contributed by atoms with van der Waals surface area (Å²) in [4.78, 5) is 17.0. The molecule has 1 N–H and O–H groups in total. The summed E-state index contributed by atoms with van der Waals surface area (Å²) >= 11 is 0. The molecule has 1 amide bonds. The molecule has 1 aromatic heterocycles. The summed E-state index contributed by atoms with van der Waals surface area (Å²) in [5.41, 5.74) is 3.14. The van der Waals surface area contributed by atoms with Gasteiger partial charge in [-0.1, -0.05) is 12.1 Å². The van der Waals surface area contributed by atoms with Crippen molar-refractivity contribution in [2.45, 2.75) is 13.0 Å². The molecule has 0 atom stereocenters. The van der Waals surface area contributed by atoms with Gasteiger partial charge in [-0.3, -0.25) is 14.8 Å². The van der Waals surface area contributed by atoms with E-state index in [1.807, 2.05) is 29.2 Å². The van der Waals surface area contributed by atoms with Crippen LogP contribution in [-0.4, -0.2) is 52.8 Å². The fourth-order valence-electron chi connectivity index (χ4n) is 3.52. The number of rotatable bonds is 5. The number of hydrogen-bond donors (Lipinski definition) is 1. The van der Waals surface area contributed by atoms with Crippen LogP contribution in [0.2, 0.25) is 0 Å². The Morgan fingerprint density at radius 3 is 2.62 bits per heavy atom. The molecular weight excluding hydrogens is 371 g/mol. The predicted octanol–water partition coefficient (Wildman–Crippen LogP) is 3.53. The van der Waals surface area contributed by atoms with Crippen LogP contribution in [0, 0.1) is 5.82 Å². The van der Waals surface area contributed by atoms with E-state index in [2.05, 4.69) is 15.1 Å². The molecule has 0 unspecified atom stereocenters. The monoisotopic (exact) mass is 394 g/mol. The number of aromatic nitrogens is 2. The number of carbonyl (C=O) groups excluding carboxylic acids is 1. The molecule has 7 heteroatoms. The first-order valence-electron chi connectivity index (χ1n) is 9.58. The molecule has 1 fully saturated rings. The van der Waals surface area contributed by atoms with E-state index >= 15 is 0 Å². The lowest BCUT2D eigenvalue weighted by Crippen LogP contribution is -2.47. The average Bonchev–Trinajstić information content (AvgIpc) is 3.25. The third kappa shape index (κ3) is 4.46. The van der Waals surface area contributed by atoms with E-state index in [-0.39, 0.29) is 11.7 Å². The molecule has 1 saturated heterocycles. The second-order valence-corrected chi connectivity index (χ2v) is 7.14. The molecule has 6 nitrogen and oxygen atoms in total. The highest BCUT2D eigenvalue weighted by Gasteiger charge is 2.24. The van der Waals surface area contributed by atoms with Crippen LogP contribution in [0.3, 0.4) is 0 Å². The molecule has 1 aliphatic rings. The molecule has 2 aromatic carbocycles. The lowest BCUT2D eigenvalue weighted by atomic mass is 10.1. The van der Waals surface area contributed by atoms with Gasteiger partial charge in [0, 0.05) is 25.2 Å². The molecule has 150 valence electrons. The largest absolute Gasteiger partial charge is 0.497 e. The van der Waals surface area contributed by atoms with Crippen LogP contribution < -0.4 is 4.74 Å². The summed E-state index contributed by atoms with van der Waals surface area (Å²) < 4.78 is 18.3. The summed E-state index contributed by atoms with van der Waals surface area (Å²) in [6, 6.07) is 15.8. The third-order valence-electron chi connectivity index (χ3n) is 5.07. The van der Waals surface area contributed by atoms with Gasteiger partial charge >= 0.3 is 0 Å². The van der Waals surface area contributed by atoms with E-state index in [9.17, 15) is 9.18 Å². The number of amides is 1. The van der Waals surface area contributed by atoms with Crippen LogP contribution in [0.15, 0.2) is 54.6 Å². The summed E-state index contributed by atoms with van der Waals surface area (Å²) in [5, 5.41) is 7.16. The average molecular weight is 394 g/mol. The number of ether oxygens (including phenoxy) is 1. The number of nitrogens with zero attached hydrogens (tertiary/aromatic N) is 3. The van der Waals surface area contributed by atoms with Crippen LogP contribution >= 0.6 is 0 Å². The summed E-state index contributed by atoms with van der Waals surface area (Å²) in [5.74, 6) is 0.465. The highest BCUT2D eigenvalue weighted by atomic mass is 19.1. The first-order chi connectivity index (χ1) is 14.1. The minimum absolute atomic E-state index is 0.0685. The minimum Gasteiger partial charge on any atom is -0.497 e. The zero-order valence-electron chi connectivity index (χ0n) is 16.3. The summed E-state index contributed by atoms with van der Waals surface area (Å²) in [6.45, 7) is 2.83. The van der Waals surface area contributed by atoms with Gasteiger partial charge in [0.25, 0.3) is 5.91 Å². The SMILES string of the molecule is COc1ccc(-c2cc(C(=O)N3CCCN(Cc4ccc(F)cc4)C3)[nH]n2)cc1. The molecule has 0 aliphatic carbocycles. The van der Waals surface area contributed by atoms with Crippen LogP contribution in [0.1, 0.15) is 22.5 Å². The molecule has 29 heavy (non-hydrogen) atoms. The quantitative estimate of drug-likeness (QED) is 0.719. The van der Waals surface area contributed by atoms with Crippen LogP contribution in [0.4, 0.5) is 4.39 Å². The Kier molecular flexibility index (Phi) is 5.57. The van der Waals surface area contributed by atoms with Gasteiger partial charge in [0.15, 0.2) is 0 Å². The van der Waals surface area contributed by atoms with E-state index in [4.69, 9.17) is 4.74 Å². The van der Waals surface area contributed by atoms with Gasteiger partial charge in [0.05, 0.1) is 19.5 Å². The van der Waals surface area contributed by atoms with Crippen molar-refractivity contribution in [2.24, 2.45) is 0 Å². The topological polar surface area (TPSA) is 61.5 Å². The Bertz CT molecular complexity index is 969. The number of methoxy groups -OCH3 is 1. The first kappa shape index (κ1) is 19.1. The molecule has 0 saturated carbocycles. The highest BCUT2D eigenvalue weighted by molar-refractivity contribution is 5.93. The molecule has 1 aliphatic heterocycles. The maximum Gasteiger partial charge on any atom is 0.272 e. The molecule has 4 rings (SSSR count). The normalized spacial score (nSPS) is 14.8. The lowest BCUT2D eigenvalue weighted by Gasteiger charge is -2.35. The Morgan fingerprint density at radius 2 is 1.90 bits per heavy atom. The zero-order valence-corrected chi connectivity index (χ0v) is 16.3. The van der Waals surface area contributed by atoms with Crippen molar-refractivity contribution in [3.05, 3.63) is 71.7 Å². The van der Waals surface area contributed by atoms with E-state index in [0.717, 1.165) is 35.5 Å². The first-order valence-corrected chi connectivity index (χ1v) is 9.58. The van der Waals surface area contributed by atoms with Crippen molar-refractivity contribution in [1.29, 1.82) is 0 Å². The maximum atomic E-state index is 13.1. The second kappa shape index (κ2) is 8.45. The zero-order chi connectivity index (χ0) is 20.2. The number of carbonyl (C=O) groups is 1. The Hall–Kier alpha value is -3.19. The van der Waals surface area contributed by atoms with Gasteiger partial charge in [-0.15, -0.1) is 0 Å². The van der Waals surface area contributed by atoms with E-state index < -0.39 is 0 Å². The van der Waals surface area contributed by atoms with E-state index in [0.29, 0.717) is 25.5 Å². The Morgan fingerprint density at radius 1 is 1.14 bits per heavy atom. The molecule has 0 spiro atoms. The van der Waals surface area contributed by atoms with Crippen molar-refractivity contribution in [3.8, 4) is 17.0 Å². The number of hydrogen-bond acceptors (Lipinski definition) is 4. The summed E-state index contributed by atoms with van der Waals surface area (Å²) in [7, 11) is 1.62. The van der Waals surface area contributed by atoms with Gasteiger partial charge in [-0.2, -0.15) is 5.10 Å². The number of aromatic amines is 1. The molecule has 0 bridgehead atoms. The van der Waals surface area contributed by atoms with E-state index in [1.165, 1.54) is 12.1 Å². The standard InChI is InChI=1S/C22H23FN4O2/c1-29-19-9-5-17(6-10-19)20-13-21(25-24-20)22(28)27-12-2-11-26(15-27)14-16-3-7-18(23)8-4-16/h3-10,13H,2,11-12,14-15H2,1H3,(H,24,25). The highest BCUT2D eigenvalue weighted by Crippen LogP contribution is 2.22. The van der Waals surface area contributed by atoms with Gasteiger partial charge in [-0.05, 0) is 54.4 Å². The van der Waals surface area contributed by atoms with Gasteiger partial charge in [-0.25, -0.2) is 4.39 Å². The van der Waals surface area contributed by atoms with Crippen molar-refractivity contribution in [3.63, 3.8) is 0 Å². The fraction of sp³-hybridized carbons (Fsp3) is 0.273. The van der Waals surface area contributed by atoms with Crippen molar-refractivity contribution in [2.75, 3.05) is 26.9 Å². The number of benzene rings is 2. The lowest BCUT2D eigenvalue weighted by molar-refractivity contribution is 0.0474. The molecule has 2 heterocycles. The van der Waals surface area contributed by atoms with Crippen molar-refractivity contribution in [1.82, 2.24) is 20.0 Å². The smallest absolute Gasteiger partial charge is 0.272 e. The third-order valence-corrected chi connectivity index (χ3v) is 5.07.